The van der Waals surface area contributed by atoms with Gasteiger partial charge in [0.2, 0.25) is 5.91 Å². The van der Waals surface area contributed by atoms with Crippen LogP contribution in [-0.4, -0.2) is 11.7 Å². The lowest BCUT2D eigenvalue weighted by Crippen LogP contribution is -2.32. The van der Waals surface area contributed by atoms with E-state index in [1.54, 1.807) is 0 Å². The summed E-state index contributed by atoms with van der Waals surface area (Å²) < 4.78 is 26.1. The van der Waals surface area contributed by atoms with Gasteiger partial charge in [0.15, 0.2) is 11.6 Å². The molecule has 1 aliphatic rings. The summed E-state index contributed by atoms with van der Waals surface area (Å²) in [5.41, 5.74) is 8.84. The van der Waals surface area contributed by atoms with Gasteiger partial charge in [-0.1, -0.05) is 6.07 Å². The topological polar surface area (TPSA) is 55.1 Å². The second-order valence-electron chi connectivity index (χ2n) is 5.84. The molecule has 0 spiro atoms. The van der Waals surface area contributed by atoms with Crippen LogP contribution in [-0.2, 0) is 11.2 Å². The fraction of sp³-hybridized carbons (Fsp3) is 0.278. The summed E-state index contributed by atoms with van der Waals surface area (Å²) in [5, 5.41) is 3.02. The summed E-state index contributed by atoms with van der Waals surface area (Å²) in [6.07, 6.45) is 2.85. The quantitative estimate of drug-likeness (QED) is 0.612. The molecule has 3 N–H and O–H groups in total. The lowest BCUT2D eigenvalue weighted by Gasteiger charge is -2.26. The number of anilines is 1. The Bertz CT molecular complexity index is 773. The fourth-order valence-electron chi connectivity index (χ4n) is 2.94. The average molecular weight is 385 g/mol. The van der Waals surface area contributed by atoms with Crippen molar-refractivity contribution < 1.29 is 13.6 Å². The Labute approximate surface area is 155 Å². The molecule has 1 amide bonds. The smallest absolute Gasteiger partial charge is 0.230 e. The number of thioether (sulfide) groups is 1. The Balaban J connectivity index is 0.00000225. The van der Waals surface area contributed by atoms with Crippen LogP contribution in [0, 0.1) is 11.6 Å². The highest BCUT2D eigenvalue weighted by atomic mass is 35.5. The van der Waals surface area contributed by atoms with Crippen LogP contribution in [0.25, 0.3) is 0 Å². The molecule has 0 aromatic heterocycles. The molecular formula is C18H19ClF2N2OS. The van der Waals surface area contributed by atoms with Crippen LogP contribution in [0.15, 0.2) is 41.3 Å². The first-order valence-electron chi connectivity index (χ1n) is 7.78. The number of rotatable bonds is 4. The molecule has 7 heteroatoms. The first-order chi connectivity index (χ1) is 11.5. The van der Waals surface area contributed by atoms with Crippen LogP contribution in [0.1, 0.15) is 30.0 Å². The lowest BCUT2D eigenvalue weighted by atomic mass is 9.87. The van der Waals surface area contributed by atoms with Crippen LogP contribution in [0.3, 0.4) is 0 Å². The normalized spacial score (nSPS) is 15.8. The molecule has 3 nitrogen and oxygen atoms in total. The Hall–Kier alpha value is -1.79. The molecule has 0 saturated heterocycles. The van der Waals surface area contributed by atoms with Gasteiger partial charge in [-0.15, -0.1) is 24.2 Å². The van der Waals surface area contributed by atoms with Crippen molar-refractivity contribution in [2.45, 2.75) is 30.2 Å². The van der Waals surface area contributed by atoms with E-state index in [0.717, 1.165) is 42.6 Å². The fourth-order valence-corrected chi connectivity index (χ4v) is 3.67. The Morgan fingerprint density at radius 2 is 2.00 bits per heavy atom. The molecule has 2 aromatic rings. The molecule has 1 atom stereocenters. The number of carbonyl (C=O) groups is 1. The Kier molecular flexibility index (Phi) is 6.67. The summed E-state index contributed by atoms with van der Waals surface area (Å²) in [4.78, 5) is 12.7. The summed E-state index contributed by atoms with van der Waals surface area (Å²) in [5.74, 6) is -1.76. The van der Waals surface area contributed by atoms with Gasteiger partial charge in [-0.2, -0.15) is 0 Å². The zero-order valence-electron chi connectivity index (χ0n) is 13.4. The van der Waals surface area contributed by atoms with E-state index in [4.69, 9.17) is 5.73 Å². The molecule has 25 heavy (non-hydrogen) atoms. The van der Waals surface area contributed by atoms with Crippen molar-refractivity contribution in [1.29, 1.82) is 0 Å². The highest BCUT2D eigenvalue weighted by Crippen LogP contribution is 2.31. The Morgan fingerprint density at radius 3 is 2.76 bits per heavy atom. The maximum atomic E-state index is 13.2. The van der Waals surface area contributed by atoms with Gasteiger partial charge in [0, 0.05) is 10.6 Å². The number of hydrogen-bond acceptors (Lipinski definition) is 3. The van der Waals surface area contributed by atoms with Gasteiger partial charge < -0.3 is 11.1 Å². The molecule has 2 aromatic carbocycles. The van der Waals surface area contributed by atoms with E-state index >= 15 is 0 Å². The van der Waals surface area contributed by atoms with Gasteiger partial charge in [0.1, 0.15) is 0 Å². The third-order valence-electron chi connectivity index (χ3n) is 4.08. The van der Waals surface area contributed by atoms with Crippen molar-refractivity contribution in [2.75, 3.05) is 11.5 Å². The third kappa shape index (κ3) is 4.86. The van der Waals surface area contributed by atoms with Crippen molar-refractivity contribution in [3.63, 3.8) is 0 Å². The molecular weight excluding hydrogens is 366 g/mol. The number of halogens is 3. The van der Waals surface area contributed by atoms with Gasteiger partial charge in [-0.05, 0) is 60.7 Å². The number of aryl methyl sites for hydroxylation is 1. The summed E-state index contributed by atoms with van der Waals surface area (Å²) in [6, 6.07) is 9.39. The lowest BCUT2D eigenvalue weighted by molar-refractivity contribution is -0.119. The number of nitrogens with one attached hydrogen (secondary N) is 1. The SMILES string of the molecule is Cl.Nc1ccc2c(c1)CCCC2NC(=O)CSc1ccc(F)c(F)c1. The number of benzene rings is 2. The van der Waals surface area contributed by atoms with Crippen LogP contribution in [0.5, 0.6) is 0 Å². The maximum absolute atomic E-state index is 13.2. The first kappa shape index (κ1) is 19.5. The van der Waals surface area contributed by atoms with Crippen molar-refractivity contribution >= 4 is 35.8 Å². The van der Waals surface area contributed by atoms with Crippen LogP contribution in [0.4, 0.5) is 14.5 Å². The predicted octanol–water partition coefficient (Wildman–Crippen LogP) is 4.25. The standard InChI is InChI=1S/C18H18F2N2OS.ClH/c19-15-7-5-13(9-16(15)20)24-10-18(23)22-17-3-1-2-11-8-12(21)4-6-14(11)17;/h4-9,17H,1-3,10,21H2,(H,22,23);1H. The van der Waals surface area contributed by atoms with E-state index < -0.39 is 11.6 Å². The number of fused-ring (bicyclic) bond motifs is 1. The van der Waals surface area contributed by atoms with Crippen molar-refractivity contribution in [2.24, 2.45) is 0 Å². The molecule has 0 radical (unpaired) electrons. The molecule has 0 saturated carbocycles. The molecule has 0 fully saturated rings. The number of nitrogens with two attached hydrogens (primary N) is 1. The minimum atomic E-state index is -0.904. The first-order valence-corrected chi connectivity index (χ1v) is 8.77. The second kappa shape index (κ2) is 8.54. The zero-order chi connectivity index (χ0) is 17.1. The summed E-state index contributed by atoms with van der Waals surface area (Å²) in [6.45, 7) is 0. The third-order valence-corrected chi connectivity index (χ3v) is 5.07. The summed E-state index contributed by atoms with van der Waals surface area (Å²) in [7, 11) is 0. The van der Waals surface area contributed by atoms with Gasteiger partial charge in [-0.25, -0.2) is 8.78 Å². The van der Waals surface area contributed by atoms with Crippen LogP contribution in [0.2, 0.25) is 0 Å². The van der Waals surface area contributed by atoms with Crippen molar-refractivity contribution in [3.05, 3.63) is 59.2 Å². The monoisotopic (exact) mass is 384 g/mol. The van der Waals surface area contributed by atoms with Gasteiger partial charge in [0.05, 0.1) is 11.8 Å². The Morgan fingerprint density at radius 1 is 1.20 bits per heavy atom. The highest BCUT2D eigenvalue weighted by molar-refractivity contribution is 8.00. The molecule has 0 aliphatic heterocycles. The van der Waals surface area contributed by atoms with E-state index in [0.29, 0.717) is 4.90 Å². The van der Waals surface area contributed by atoms with E-state index in [-0.39, 0.29) is 30.1 Å². The van der Waals surface area contributed by atoms with Crippen molar-refractivity contribution in [1.82, 2.24) is 5.32 Å². The largest absolute Gasteiger partial charge is 0.399 e. The number of nitrogen functional groups attached to an aromatic ring is 1. The average Bonchev–Trinajstić information content (AvgIpc) is 2.56. The number of hydrogen-bond donors (Lipinski definition) is 2. The number of amides is 1. The maximum Gasteiger partial charge on any atom is 0.230 e. The molecule has 134 valence electrons. The van der Waals surface area contributed by atoms with Gasteiger partial charge >= 0.3 is 0 Å². The molecule has 0 bridgehead atoms. The van der Waals surface area contributed by atoms with Crippen LogP contribution < -0.4 is 11.1 Å². The second-order valence-corrected chi connectivity index (χ2v) is 6.88. The van der Waals surface area contributed by atoms with Crippen molar-refractivity contribution in [3.8, 4) is 0 Å². The highest BCUT2D eigenvalue weighted by Gasteiger charge is 2.21. The van der Waals surface area contributed by atoms with Gasteiger partial charge in [-0.3, -0.25) is 4.79 Å². The molecule has 0 heterocycles. The van der Waals surface area contributed by atoms with E-state index in [1.807, 2.05) is 18.2 Å². The minimum absolute atomic E-state index is 0. The molecule has 1 aliphatic carbocycles. The van der Waals surface area contributed by atoms with Gasteiger partial charge in [0.25, 0.3) is 0 Å². The predicted molar refractivity (Wildman–Crippen MR) is 99.0 cm³/mol. The van der Waals surface area contributed by atoms with E-state index in [1.165, 1.54) is 23.4 Å². The minimum Gasteiger partial charge on any atom is -0.399 e. The molecule has 3 rings (SSSR count). The zero-order valence-corrected chi connectivity index (χ0v) is 15.1. The summed E-state index contributed by atoms with van der Waals surface area (Å²) >= 11 is 1.19. The number of carbonyl (C=O) groups excluding carboxylic acids is 1. The van der Waals surface area contributed by atoms with E-state index in [9.17, 15) is 13.6 Å². The molecule has 1 unspecified atom stereocenters. The van der Waals surface area contributed by atoms with E-state index in [2.05, 4.69) is 5.32 Å². The van der Waals surface area contributed by atoms with Crippen LogP contribution >= 0.6 is 24.2 Å².